The van der Waals surface area contributed by atoms with Gasteiger partial charge in [-0.25, -0.2) is 8.42 Å². The van der Waals surface area contributed by atoms with Gasteiger partial charge < -0.3 is 5.11 Å². The summed E-state index contributed by atoms with van der Waals surface area (Å²) in [5.74, 6) is -1.14. The summed E-state index contributed by atoms with van der Waals surface area (Å²) in [6.07, 6.45) is 0.833. The fourth-order valence-corrected chi connectivity index (χ4v) is 4.45. The molecular weight excluding hydrogens is 348 g/mol. The fraction of sp³-hybridized carbons (Fsp3) is 0.333. The van der Waals surface area contributed by atoms with Crippen LogP contribution >= 0.6 is 15.9 Å². The van der Waals surface area contributed by atoms with Gasteiger partial charge in [0.1, 0.15) is 12.1 Å². The van der Waals surface area contributed by atoms with Crippen LogP contribution in [0.1, 0.15) is 18.4 Å². The van der Waals surface area contributed by atoms with Crippen LogP contribution in [0.25, 0.3) is 0 Å². The fourth-order valence-electron chi connectivity index (χ4n) is 2.16. The van der Waals surface area contributed by atoms with Gasteiger partial charge in [0.25, 0.3) is 0 Å². The van der Waals surface area contributed by atoms with E-state index in [0.717, 1.165) is 4.31 Å². The van der Waals surface area contributed by atoms with Crippen molar-refractivity contribution in [1.29, 1.82) is 5.26 Å². The van der Waals surface area contributed by atoms with Gasteiger partial charge in [-0.2, -0.15) is 9.57 Å². The lowest BCUT2D eigenvalue weighted by atomic mass is 10.2. The largest absolute Gasteiger partial charge is 0.480 e. The molecule has 1 fully saturated rings. The molecule has 0 radical (unpaired) electrons. The van der Waals surface area contributed by atoms with E-state index in [4.69, 9.17) is 10.4 Å². The number of carboxylic acid groups (broad SMARTS) is 1. The highest BCUT2D eigenvalue weighted by molar-refractivity contribution is 9.10. The van der Waals surface area contributed by atoms with Crippen LogP contribution in [0, 0.1) is 11.3 Å². The highest BCUT2D eigenvalue weighted by Gasteiger charge is 2.39. The molecule has 1 aromatic carbocycles. The molecule has 1 saturated heterocycles. The summed E-state index contributed by atoms with van der Waals surface area (Å²) in [7, 11) is -3.87. The van der Waals surface area contributed by atoms with Gasteiger partial charge in [-0.1, -0.05) is 0 Å². The molecule has 1 aliphatic rings. The second-order valence-corrected chi connectivity index (χ2v) is 7.11. The molecule has 0 amide bonds. The van der Waals surface area contributed by atoms with Crippen LogP contribution in [0.3, 0.4) is 0 Å². The summed E-state index contributed by atoms with van der Waals surface area (Å²) in [6, 6.07) is 4.93. The highest BCUT2D eigenvalue weighted by Crippen LogP contribution is 2.28. The Morgan fingerprint density at radius 1 is 1.50 bits per heavy atom. The quantitative estimate of drug-likeness (QED) is 0.883. The Bertz CT molecular complexity index is 696. The Kier molecular flexibility index (Phi) is 4.13. The zero-order chi connectivity index (χ0) is 14.9. The van der Waals surface area contributed by atoms with Crippen molar-refractivity contribution in [2.24, 2.45) is 0 Å². The van der Waals surface area contributed by atoms with Crippen LogP contribution in [0.2, 0.25) is 0 Å². The molecule has 20 heavy (non-hydrogen) atoms. The van der Waals surface area contributed by atoms with Crippen molar-refractivity contribution in [3.63, 3.8) is 0 Å². The first-order valence-corrected chi connectivity index (χ1v) is 8.05. The summed E-state index contributed by atoms with van der Waals surface area (Å²) < 4.78 is 26.3. The average Bonchev–Trinajstić information content (AvgIpc) is 2.88. The molecular formula is C12H11BrN2O4S. The van der Waals surface area contributed by atoms with Crippen LogP contribution in [0.15, 0.2) is 27.6 Å². The Labute approximate surface area is 124 Å². The van der Waals surface area contributed by atoms with E-state index in [0.29, 0.717) is 22.9 Å². The number of benzene rings is 1. The first-order chi connectivity index (χ1) is 9.37. The molecule has 0 aromatic heterocycles. The van der Waals surface area contributed by atoms with E-state index >= 15 is 0 Å². The molecule has 1 aromatic rings. The van der Waals surface area contributed by atoms with Gasteiger partial charge in [-0.15, -0.1) is 0 Å². The number of hydrogen-bond donors (Lipinski definition) is 1. The molecule has 6 nitrogen and oxygen atoms in total. The minimum Gasteiger partial charge on any atom is -0.480 e. The number of nitriles is 1. The SMILES string of the molecule is N#Cc1ccc(S(=O)(=O)N2CCC[C@@H]2C(=O)O)cc1Br. The van der Waals surface area contributed by atoms with E-state index in [-0.39, 0.29) is 11.4 Å². The second-order valence-electron chi connectivity index (χ2n) is 4.37. The van der Waals surface area contributed by atoms with Crippen LogP contribution in [0.5, 0.6) is 0 Å². The number of aliphatic carboxylic acids is 1. The van der Waals surface area contributed by atoms with Crippen LogP contribution < -0.4 is 0 Å². The molecule has 0 bridgehead atoms. The third kappa shape index (κ3) is 2.57. The zero-order valence-corrected chi connectivity index (χ0v) is 12.7. The molecule has 1 N–H and O–H groups in total. The van der Waals surface area contributed by atoms with Gasteiger partial charge in [0, 0.05) is 11.0 Å². The lowest BCUT2D eigenvalue weighted by Gasteiger charge is -2.21. The maximum absolute atomic E-state index is 12.5. The summed E-state index contributed by atoms with van der Waals surface area (Å²) in [5.41, 5.74) is 0.320. The smallest absolute Gasteiger partial charge is 0.322 e. The third-order valence-corrected chi connectivity index (χ3v) is 5.72. The number of halogens is 1. The first kappa shape index (κ1) is 15.0. The predicted molar refractivity (Wildman–Crippen MR) is 73.4 cm³/mol. The summed E-state index contributed by atoms with van der Waals surface area (Å²) in [4.78, 5) is 11.1. The summed E-state index contributed by atoms with van der Waals surface area (Å²) >= 11 is 3.13. The predicted octanol–water partition coefficient (Wildman–Crippen LogP) is 1.56. The van der Waals surface area contributed by atoms with Gasteiger partial charge in [0.15, 0.2) is 0 Å². The lowest BCUT2D eigenvalue weighted by molar-refractivity contribution is -0.140. The van der Waals surface area contributed by atoms with Gasteiger partial charge in [0.2, 0.25) is 10.0 Å². The second kappa shape index (κ2) is 5.52. The third-order valence-electron chi connectivity index (χ3n) is 3.16. The number of carboxylic acids is 1. The highest BCUT2D eigenvalue weighted by atomic mass is 79.9. The number of carbonyl (C=O) groups is 1. The van der Waals surface area contributed by atoms with Crippen LogP contribution in [0.4, 0.5) is 0 Å². The van der Waals surface area contributed by atoms with Gasteiger partial charge in [-0.3, -0.25) is 4.79 Å². The van der Waals surface area contributed by atoms with Crippen molar-refractivity contribution in [3.8, 4) is 6.07 Å². The summed E-state index contributed by atoms with van der Waals surface area (Å²) in [5, 5.41) is 17.9. The van der Waals surface area contributed by atoms with Gasteiger partial charge in [0.05, 0.1) is 10.5 Å². The number of hydrogen-bond acceptors (Lipinski definition) is 4. The minimum absolute atomic E-state index is 0.0171. The average molecular weight is 359 g/mol. The van der Waals surface area contributed by atoms with Crippen LogP contribution in [-0.2, 0) is 14.8 Å². The van der Waals surface area contributed by atoms with Crippen molar-refractivity contribution in [3.05, 3.63) is 28.2 Å². The molecule has 106 valence electrons. The monoisotopic (exact) mass is 358 g/mol. The van der Waals surface area contributed by atoms with Crippen molar-refractivity contribution in [2.45, 2.75) is 23.8 Å². The van der Waals surface area contributed by atoms with Crippen molar-refractivity contribution in [1.82, 2.24) is 4.31 Å². The van der Waals surface area contributed by atoms with Crippen LogP contribution in [-0.4, -0.2) is 36.4 Å². The molecule has 1 atom stereocenters. The topological polar surface area (TPSA) is 98.5 Å². The molecule has 2 rings (SSSR count). The Morgan fingerprint density at radius 2 is 2.20 bits per heavy atom. The van der Waals surface area contributed by atoms with E-state index in [2.05, 4.69) is 15.9 Å². The van der Waals surface area contributed by atoms with E-state index in [9.17, 15) is 13.2 Å². The molecule has 0 spiro atoms. The van der Waals surface area contributed by atoms with E-state index < -0.39 is 22.0 Å². The number of sulfonamides is 1. The van der Waals surface area contributed by atoms with Gasteiger partial charge >= 0.3 is 5.97 Å². The number of rotatable bonds is 3. The standard InChI is InChI=1S/C12H11BrN2O4S/c13-10-6-9(4-3-8(10)7-14)20(18,19)15-5-1-2-11(15)12(16)17/h3-4,6,11H,1-2,5H2,(H,16,17)/t11-/m1/s1. The summed E-state index contributed by atoms with van der Waals surface area (Å²) in [6.45, 7) is 0.191. The van der Waals surface area contributed by atoms with Crippen molar-refractivity contribution in [2.75, 3.05) is 6.54 Å². The van der Waals surface area contributed by atoms with E-state index in [1.165, 1.54) is 18.2 Å². The van der Waals surface area contributed by atoms with Gasteiger partial charge in [-0.05, 0) is 47.0 Å². The Hall–Kier alpha value is -1.43. The van der Waals surface area contributed by atoms with E-state index in [1.54, 1.807) is 0 Å². The molecule has 0 unspecified atom stereocenters. The normalized spacial score (nSPS) is 19.7. The maximum Gasteiger partial charge on any atom is 0.322 e. The van der Waals surface area contributed by atoms with Crippen molar-refractivity contribution >= 4 is 31.9 Å². The maximum atomic E-state index is 12.5. The Balaban J connectivity index is 2.43. The zero-order valence-electron chi connectivity index (χ0n) is 10.3. The number of nitrogens with zero attached hydrogens (tertiary/aromatic N) is 2. The van der Waals surface area contributed by atoms with E-state index in [1.807, 2.05) is 6.07 Å². The molecule has 1 heterocycles. The molecule has 8 heteroatoms. The minimum atomic E-state index is -3.87. The van der Waals surface area contributed by atoms with Crippen molar-refractivity contribution < 1.29 is 18.3 Å². The molecule has 0 saturated carbocycles. The molecule has 0 aliphatic carbocycles. The lowest BCUT2D eigenvalue weighted by Crippen LogP contribution is -2.40. The molecule has 1 aliphatic heterocycles. The first-order valence-electron chi connectivity index (χ1n) is 5.82. The Morgan fingerprint density at radius 3 is 2.75 bits per heavy atom.